The molecule has 11 heteroatoms. The second-order valence-electron chi connectivity index (χ2n) is 6.00. The Morgan fingerprint density at radius 3 is 2.79 bits per heavy atom. The van der Waals surface area contributed by atoms with Crippen molar-refractivity contribution in [3.63, 3.8) is 0 Å². The predicted octanol–water partition coefficient (Wildman–Crippen LogP) is 2.76. The quantitative estimate of drug-likeness (QED) is 0.586. The Morgan fingerprint density at radius 2 is 2.14 bits per heavy atom. The highest BCUT2D eigenvalue weighted by Gasteiger charge is 2.19. The van der Waals surface area contributed by atoms with Gasteiger partial charge in [-0.05, 0) is 26.0 Å². The number of carbonyl (C=O) groups is 2. The van der Waals surface area contributed by atoms with Crippen molar-refractivity contribution in [1.29, 1.82) is 0 Å². The van der Waals surface area contributed by atoms with Crippen LogP contribution in [0.5, 0.6) is 0 Å². The third-order valence-electron chi connectivity index (χ3n) is 3.75. The van der Waals surface area contributed by atoms with Crippen molar-refractivity contribution >= 4 is 40.0 Å². The number of amides is 2. The molecule has 0 fully saturated rings. The van der Waals surface area contributed by atoms with Crippen LogP contribution in [0.25, 0.3) is 11.6 Å². The lowest BCUT2D eigenvalue weighted by Crippen LogP contribution is -2.21. The number of nitrogens with one attached hydrogen (secondary N) is 1. The van der Waals surface area contributed by atoms with Crippen molar-refractivity contribution in [2.75, 3.05) is 25.2 Å². The molecule has 0 aliphatic heterocycles. The van der Waals surface area contributed by atoms with E-state index in [2.05, 4.69) is 20.5 Å². The van der Waals surface area contributed by atoms with Gasteiger partial charge in [-0.25, -0.2) is 4.98 Å². The second kappa shape index (κ2) is 8.57. The van der Waals surface area contributed by atoms with Crippen molar-refractivity contribution in [2.45, 2.75) is 25.5 Å². The molecule has 0 atom stereocenters. The molecule has 28 heavy (non-hydrogen) atoms. The molecule has 0 aromatic carbocycles. The van der Waals surface area contributed by atoms with Crippen LogP contribution in [-0.2, 0) is 11.3 Å². The normalized spacial score (nSPS) is 10.9. The first-order valence-electron chi connectivity index (χ1n) is 8.49. The third-order valence-corrected chi connectivity index (χ3v) is 5.78. The molecule has 9 nitrogen and oxygen atoms in total. The van der Waals surface area contributed by atoms with Crippen LogP contribution in [0.15, 0.2) is 28.0 Å². The summed E-state index contributed by atoms with van der Waals surface area (Å²) in [5.74, 6) is 1.03. The number of thioether (sulfide) groups is 1. The van der Waals surface area contributed by atoms with Gasteiger partial charge in [-0.1, -0.05) is 23.1 Å². The van der Waals surface area contributed by atoms with E-state index in [9.17, 15) is 9.59 Å². The average molecular weight is 421 g/mol. The van der Waals surface area contributed by atoms with E-state index in [4.69, 9.17) is 4.42 Å². The van der Waals surface area contributed by atoms with Gasteiger partial charge in [-0.15, -0.1) is 10.2 Å². The van der Waals surface area contributed by atoms with Gasteiger partial charge in [0.05, 0.1) is 17.7 Å². The Kier molecular flexibility index (Phi) is 6.15. The van der Waals surface area contributed by atoms with Crippen LogP contribution >= 0.6 is 23.1 Å². The zero-order chi connectivity index (χ0) is 20.3. The number of thiazole rings is 1. The van der Waals surface area contributed by atoms with Gasteiger partial charge in [0.2, 0.25) is 5.91 Å². The van der Waals surface area contributed by atoms with Gasteiger partial charge in [0, 0.05) is 20.6 Å². The van der Waals surface area contributed by atoms with E-state index < -0.39 is 0 Å². The molecule has 0 saturated heterocycles. The maximum absolute atomic E-state index is 12.3. The van der Waals surface area contributed by atoms with Crippen LogP contribution in [0.1, 0.15) is 22.3 Å². The molecule has 3 aromatic rings. The van der Waals surface area contributed by atoms with Gasteiger partial charge < -0.3 is 14.6 Å². The fraction of sp³-hybridized carbons (Fsp3) is 0.353. The maximum atomic E-state index is 12.3. The molecule has 148 valence electrons. The Morgan fingerprint density at radius 1 is 1.36 bits per heavy atom. The summed E-state index contributed by atoms with van der Waals surface area (Å²) in [6.45, 7) is 4.37. The number of hydrogen-bond donors (Lipinski definition) is 1. The highest BCUT2D eigenvalue weighted by Crippen LogP contribution is 2.26. The summed E-state index contributed by atoms with van der Waals surface area (Å²) >= 11 is 2.44. The van der Waals surface area contributed by atoms with E-state index in [1.807, 2.05) is 17.6 Å². The van der Waals surface area contributed by atoms with Crippen LogP contribution in [0, 0.1) is 6.92 Å². The fourth-order valence-electron chi connectivity index (χ4n) is 2.41. The van der Waals surface area contributed by atoms with E-state index in [0.29, 0.717) is 39.0 Å². The molecule has 3 aromatic heterocycles. The molecule has 0 aliphatic carbocycles. The summed E-state index contributed by atoms with van der Waals surface area (Å²) in [5, 5.41) is 12.1. The first-order valence-corrected chi connectivity index (χ1v) is 10.3. The zero-order valence-electron chi connectivity index (χ0n) is 15.9. The molecule has 2 amide bonds. The van der Waals surface area contributed by atoms with Crippen LogP contribution in [0.3, 0.4) is 0 Å². The summed E-state index contributed by atoms with van der Waals surface area (Å²) in [7, 11) is 3.36. The Hall–Kier alpha value is -2.66. The summed E-state index contributed by atoms with van der Waals surface area (Å²) in [6, 6.07) is 3.60. The van der Waals surface area contributed by atoms with Crippen LogP contribution in [-0.4, -0.2) is 56.3 Å². The van der Waals surface area contributed by atoms with Gasteiger partial charge in [-0.2, -0.15) is 0 Å². The van der Waals surface area contributed by atoms with Crippen molar-refractivity contribution in [3.05, 3.63) is 29.0 Å². The molecular formula is C17H20N6O3S2. The van der Waals surface area contributed by atoms with E-state index >= 15 is 0 Å². The summed E-state index contributed by atoms with van der Waals surface area (Å²) in [6.07, 6.45) is 1.58. The molecule has 1 N–H and O–H groups in total. The van der Waals surface area contributed by atoms with E-state index in [1.165, 1.54) is 28.0 Å². The topological polar surface area (TPSA) is 106 Å². The van der Waals surface area contributed by atoms with Crippen LogP contribution in [0.2, 0.25) is 0 Å². The van der Waals surface area contributed by atoms with Gasteiger partial charge >= 0.3 is 0 Å². The number of rotatable bonds is 7. The lowest BCUT2D eigenvalue weighted by molar-refractivity contribution is -0.113. The zero-order valence-corrected chi connectivity index (χ0v) is 17.6. The SMILES string of the molecule is CCn1c(SCC(=O)Nc2nc(C)c(C(=O)N(C)C)s2)nnc1-c1ccco1. The van der Waals surface area contributed by atoms with Crippen molar-refractivity contribution in [2.24, 2.45) is 0 Å². The first kappa shape index (κ1) is 20.1. The molecule has 0 bridgehead atoms. The van der Waals surface area contributed by atoms with Crippen molar-refractivity contribution in [1.82, 2.24) is 24.6 Å². The van der Waals surface area contributed by atoms with Gasteiger partial charge in [0.25, 0.3) is 5.91 Å². The summed E-state index contributed by atoms with van der Waals surface area (Å²) in [5.41, 5.74) is 0.598. The number of aromatic nitrogens is 4. The first-order chi connectivity index (χ1) is 13.4. The Labute approximate surface area is 170 Å². The molecule has 0 saturated carbocycles. The number of aryl methyl sites for hydroxylation is 1. The standard InChI is InChI=1S/C17H20N6O3S2/c1-5-23-14(11-7-6-8-26-11)20-21-17(23)27-9-12(24)19-16-18-10(2)13(28-16)15(25)22(3)4/h6-8H,5,9H2,1-4H3,(H,18,19,24). The van der Waals surface area contributed by atoms with Crippen LogP contribution in [0.4, 0.5) is 5.13 Å². The molecule has 0 unspecified atom stereocenters. The molecule has 0 spiro atoms. The lowest BCUT2D eigenvalue weighted by atomic mass is 10.3. The van der Waals surface area contributed by atoms with Crippen LogP contribution < -0.4 is 5.32 Å². The largest absolute Gasteiger partial charge is 0.461 e. The molecule has 0 radical (unpaired) electrons. The predicted molar refractivity (Wildman–Crippen MR) is 108 cm³/mol. The van der Waals surface area contributed by atoms with E-state index in [1.54, 1.807) is 33.3 Å². The number of carbonyl (C=O) groups excluding carboxylic acids is 2. The Balaban J connectivity index is 1.64. The van der Waals surface area contributed by atoms with Crippen molar-refractivity contribution in [3.8, 4) is 11.6 Å². The average Bonchev–Trinajstić information content (AvgIpc) is 3.38. The highest BCUT2D eigenvalue weighted by atomic mass is 32.2. The molecule has 0 aliphatic rings. The lowest BCUT2D eigenvalue weighted by Gasteiger charge is -2.07. The summed E-state index contributed by atoms with van der Waals surface area (Å²) < 4.78 is 7.27. The Bertz CT molecular complexity index is 977. The monoisotopic (exact) mass is 420 g/mol. The van der Waals surface area contributed by atoms with Gasteiger partial charge in [-0.3, -0.25) is 14.2 Å². The maximum Gasteiger partial charge on any atom is 0.265 e. The molecular weight excluding hydrogens is 400 g/mol. The van der Waals surface area contributed by atoms with E-state index in [-0.39, 0.29) is 17.6 Å². The molecule has 3 heterocycles. The minimum atomic E-state index is -0.229. The van der Waals surface area contributed by atoms with Crippen molar-refractivity contribution < 1.29 is 14.0 Å². The number of nitrogens with zero attached hydrogens (tertiary/aromatic N) is 5. The van der Waals surface area contributed by atoms with Gasteiger partial charge in [0.1, 0.15) is 4.88 Å². The summed E-state index contributed by atoms with van der Waals surface area (Å²) in [4.78, 5) is 30.7. The fourth-order valence-corrected chi connectivity index (χ4v) is 4.21. The second-order valence-corrected chi connectivity index (χ2v) is 7.94. The van der Waals surface area contributed by atoms with Gasteiger partial charge in [0.15, 0.2) is 21.9 Å². The third kappa shape index (κ3) is 4.25. The highest BCUT2D eigenvalue weighted by molar-refractivity contribution is 7.99. The number of anilines is 1. The smallest absolute Gasteiger partial charge is 0.265 e. The molecule has 3 rings (SSSR count). The minimum Gasteiger partial charge on any atom is -0.461 e. The number of hydrogen-bond acceptors (Lipinski definition) is 8. The number of furan rings is 1. The van der Waals surface area contributed by atoms with E-state index in [0.717, 1.165) is 0 Å². The minimum absolute atomic E-state index is 0.133.